The highest BCUT2D eigenvalue weighted by atomic mass is 28.3. The molecule has 0 aromatic carbocycles. The fourth-order valence-corrected chi connectivity index (χ4v) is 1.01. The van der Waals surface area contributed by atoms with Crippen molar-refractivity contribution in [2.75, 3.05) is 14.2 Å². The standard InChI is InChI=1S/C3H12N2O3Si/c1-6-9(7-2)8-3(4)5/h3,9H,4-5H2,1-2H3. The molecular weight excluding hydrogens is 140 g/mol. The minimum Gasteiger partial charge on any atom is -0.379 e. The molecule has 0 saturated carbocycles. The van der Waals surface area contributed by atoms with E-state index in [2.05, 4.69) is 0 Å². The van der Waals surface area contributed by atoms with Gasteiger partial charge in [0.05, 0.1) is 0 Å². The van der Waals surface area contributed by atoms with Crippen LogP contribution >= 0.6 is 0 Å². The molecule has 56 valence electrons. The number of hydrogen-bond donors (Lipinski definition) is 2. The van der Waals surface area contributed by atoms with Crippen molar-refractivity contribution in [2.24, 2.45) is 11.5 Å². The van der Waals surface area contributed by atoms with Crippen LogP contribution in [-0.4, -0.2) is 30.1 Å². The molecule has 0 fully saturated rings. The van der Waals surface area contributed by atoms with Crippen molar-refractivity contribution in [1.82, 2.24) is 0 Å². The molecule has 4 N–H and O–H groups in total. The number of hydrogen-bond acceptors (Lipinski definition) is 5. The van der Waals surface area contributed by atoms with E-state index < -0.39 is 15.9 Å². The SMILES string of the molecule is CO[SiH](OC)OC(N)N. The molecule has 0 aromatic heterocycles. The minimum atomic E-state index is -2.00. The molecule has 0 amide bonds. The summed E-state index contributed by atoms with van der Waals surface area (Å²) in [6.45, 7) is 0. The lowest BCUT2D eigenvalue weighted by atomic mass is 11.1. The Hall–Kier alpha value is 0.0169. The van der Waals surface area contributed by atoms with Gasteiger partial charge in [0.25, 0.3) is 0 Å². The van der Waals surface area contributed by atoms with Gasteiger partial charge in [-0.2, -0.15) is 0 Å². The van der Waals surface area contributed by atoms with Gasteiger partial charge in [-0.05, 0) is 0 Å². The van der Waals surface area contributed by atoms with Gasteiger partial charge in [0.2, 0.25) is 0 Å². The van der Waals surface area contributed by atoms with E-state index in [1.165, 1.54) is 14.2 Å². The molecule has 0 aliphatic heterocycles. The molecule has 0 atom stereocenters. The van der Waals surface area contributed by atoms with Gasteiger partial charge in [-0.1, -0.05) is 0 Å². The summed E-state index contributed by atoms with van der Waals surface area (Å²) in [6.07, 6.45) is -0.804. The van der Waals surface area contributed by atoms with Crippen LogP contribution < -0.4 is 11.5 Å². The molecule has 6 heteroatoms. The lowest BCUT2D eigenvalue weighted by molar-refractivity contribution is 0.0925. The van der Waals surface area contributed by atoms with Gasteiger partial charge in [0, 0.05) is 14.2 Å². The molecule has 0 aliphatic rings. The van der Waals surface area contributed by atoms with Crippen LogP contribution in [0.5, 0.6) is 0 Å². The van der Waals surface area contributed by atoms with Gasteiger partial charge < -0.3 is 13.3 Å². The van der Waals surface area contributed by atoms with Crippen LogP contribution in [0.1, 0.15) is 0 Å². The smallest absolute Gasteiger partial charge is 0.379 e. The third kappa shape index (κ3) is 4.52. The Labute approximate surface area is 55.8 Å². The molecule has 0 aliphatic carbocycles. The van der Waals surface area contributed by atoms with Crippen LogP contribution in [0.25, 0.3) is 0 Å². The van der Waals surface area contributed by atoms with Crippen molar-refractivity contribution in [3.05, 3.63) is 0 Å². The molecule has 0 spiro atoms. The Kier molecular flexibility index (Phi) is 4.86. The Morgan fingerprint density at radius 3 is 1.78 bits per heavy atom. The Balaban J connectivity index is 3.31. The van der Waals surface area contributed by atoms with Crippen LogP contribution in [0, 0.1) is 0 Å². The van der Waals surface area contributed by atoms with Crippen molar-refractivity contribution in [1.29, 1.82) is 0 Å². The van der Waals surface area contributed by atoms with Crippen molar-refractivity contribution in [3.63, 3.8) is 0 Å². The first-order valence-corrected chi connectivity index (χ1v) is 3.84. The molecule has 5 nitrogen and oxygen atoms in total. The maximum atomic E-state index is 5.07. The van der Waals surface area contributed by atoms with Crippen LogP contribution in [0.15, 0.2) is 0 Å². The van der Waals surface area contributed by atoms with Gasteiger partial charge in [-0.25, -0.2) is 0 Å². The molecule has 9 heavy (non-hydrogen) atoms. The first-order chi connectivity index (χ1) is 4.20. The summed E-state index contributed by atoms with van der Waals surface area (Å²) in [5.74, 6) is 0. The molecule has 0 bridgehead atoms. The van der Waals surface area contributed by atoms with Crippen LogP contribution in [-0.2, 0) is 13.3 Å². The number of nitrogens with two attached hydrogens (primary N) is 2. The summed E-state index contributed by atoms with van der Waals surface area (Å²) in [5, 5.41) is 0. The zero-order valence-corrected chi connectivity index (χ0v) is 6.69. The lowest BCUT2D eigenvalue weighted by Crippen LogP contribution is -2.41. The fraction of sp³-hybridized carbons (Fsp3) is 1.00. The Morgan fingerprint density at radius 2 is 1.67 bits per heavy atom. The van der Waals surface area contributed by atoms with E-state index in [9.17, 15) is 0 Å². The van der Waals surface area contributed by atoms with E-state index in [4.69, 9.17) is 24.7 Å². The lowest BCUT2D eigenvalue weighted by Gasteiger charge is -2.13. The normalized spacial score (nSPS) is 11.3. The molecule has 0 heterocycles. The summed E-state index contributed by atoms with van der Waals surface area (Å²) < 4.78 is 14.3. The predicted molar refractivity (Wildman–Crippen MR) is 34.4 cm³/mol. The Morgan fingerprint density at radius 1 is 1.22 bits per heavy atom. The summed E-state index contributed by atoms with van der Waals surface area (Å²) in [6, 6.07) is 0. The molecule has 0 unspecified atom stereocenters. The highest BCUT2D eigenvalue weighted by Crippen LogP contribution is 1.86. The van der Waals surface area contributed by atoms with Gasteiger partial charge in [-0.15, -0.1) is 0 Å². The van der Waals surface area contributed by atoms with Crippen molar-refractivity contribution >= 4 is 9.53 Å². The van der Waals surface area contributed by atoms with E-state index in [0.717, 1.165) is 0 Å². The van der Waals surface area contributed by atoms with Crippen LogP contribution in [0.2, 0.25) is 0 Å². The average molecular weight is 152 g/mol. The Bertz CT molecular complexity index is 68.1. The maximum Gasteiger partial charge on any atom is 0.485 e. The largest absolute Gasteiger partial charge is 0.485 e. The number of rotatable bonds is 4. The zero-order valence-electron chi connectivity index (χ0n) is 5.53. The quantitative estimate of drug-likeness (QED) is 0.367. The molecule has 0 aromatic rings. The topological polar surface area (TPSA) is 79.7 Å². The van der Waals surface area contributed by atoms with Gasteiger partial charge in [-0.3, -0.25) is 11.5 Å². The van der Waals surface area contributed by atoms with E-state index in [1.54, 1.807) is 0 Å². The summed E-state index contributed by atoms with van der Waals surface area (Å²) in [4.78, 5) is 0. The second-order valence-corrected chi connectivity index (χ2v) is 3.15. The molecular formula is C3H12N2O3Si. The second-order valence-electron chi connectivity index (χ2n) is 1.36. The molecule has 0 rings (SSSR count). The minimum absolute atomic E-state index is 0.804. The molecule has 0 saturated heterocycles. The third-order valence-corrected chi connectivity index (χ3v) is 1.96. The maximum absolute atomic E-state index is 5.07. The van der Waals surface area contributed by atoms with Gasteiger partial charge in [0.15, 0.2) is 6.35 Å². The second kappa shape index (κ2) is 4.85. The first kappa shape index (κ1) is 9.02. The molecule has 0 radical (unpaired) electrons. The average Bonchev–Trinajstić information content (AvgIpc) is 1.82. The first-order valence-electron chi connectivity index (χ1n) is 2.43. The van der Waals surface area contributed by atoms with Gasteiger partial charge >= 0.3 is 9.53 Å². The summed E-state index contributed by atoms with van der Waals surface area (Å²) in [7, 11) is 0.978. The summed E-state index contributed by atoms with van der Waals surface area (Å²) in [5.41, 5.74) is 10.1. The van der Waals surface area contributed by atoms with E-state index >= 15 is 0 Å². The predicted octanol–water partition coefficient (Wildman–Crippen LogP) is -1.79. The fourth-order valence-electron chi connectivity index (χ4n) is 0.336. The van der Waals surface area contributed by atoms with Crippen LogP contribution in [0.3, 0.4) is 0 Å². The highest BCUT2D eigenvalue weighted by molar-refractivity contribution is 6.36. The summed E-state index contributed by atoms with van der Waals surface area (Å²) >= 11 is 0. The van der Waals surface area contributed by atoms with Crippen molar-refractivity contribution in [2.45, 2.75) is 6.35 Å². The highest BCUT2D eigenvalue weighted by Gasteiger charge is 2.12. The van der Waals surface area contributed by atoms with Crippen molar-refractivity contribution in [3.8, 4) is 0 Å². The van der Waals surface area contributed by atoms with Gasteiger partial charge in [0.1, 0.15) is 0 Å². The monoisotopic (exact) mass is 152 g/mol. The van der Waals surface area contributed by atoms with Crippen LogP contribution in [0.4, 0.5) is 0 Å². The van der Waals surface area contributed by atoms with E-state index in [1.807, 2.05) is 0 Å². The van der Waals surface area contributed by atoms with Crippen molar-refractivity contribution < 1.29 is 13.3 Å². The van der Waals surface area contributed by atoms with E-state index in [0.29, 0.717) is 0 Å². The zero-order chi connectivity index (χ0) is 7.28. The third-order valence-electron chi connectivity index (χ3n) is 0.653. The van der Waals surface area contributed by atoms with E-state index in [-0.39, 0.29) is 0 Å².